The number of benzene rings is 4. The average Bonchev–Trinajstić information content (AvgIpc) is 3.34. The molecule has 1 N–H and O–H groups in total. The lowest BCUT2D eigenvalue weighted by atomic mass is 10.2. The van der Waals surface area contributed by atoms with Crippen LogP contribution in [0.1, 0.15) is 16.8 Å². The molecule has 0 aliphatic heterocycles. The van der Waals surface area contributed by atoms with Crippen molar-refractivity contribution in [1.29, 1.82) is 0 Å². The van der Waals surface area contributed by atoms with E-state index in [9.17, 15) is 9.59 Å². The van der Waals surface area contributed by atoms with Crippen molar-refractivity contribution >= 4 is 34.3 Å². The zero-order valence-electron chi connectivity index (χ0n) is 18.9. The summed E-state index contributed by atoms with van der Waals surface area (Å²) in [5.41, 5.74) is 4.39. The minimum atomic E-state index is -0.485. The summed E-state index contributed by atoms with van der Waals surface area (Å²) in [4.78, 5) is 35.2. The molecule has 0 atom stereocenters. The summed E-state index contributed by atoms with van der Waals surface area (Å²) < 4.78 is 5.44. The molecule has 172 valence electrons. The Hall–Kier alpha value is -4.71. The molecule has 0 fully saturated rings. The lowest BCUT2D eigenvalue weighted by Crippen LogP contribution is -2.27. The lowest BCUT2D eigenvalue weighted by Gasteiger charge is -2.23. The van der Waals surface area contributed by atoms with E-state index < -0.39 is 5.97 Å². The molecule has 1 heterocycles. The second kappa shape index (κ2) is 10.1. The minimum absolute atomic E-state index is 0.0237. The van der Waals surface area contributed by atoms with E-state index in [-0.39, 0.29) is 18.9 Å². The van der Waals surface area contributed by atoms with Crippen molar-refractivity contribution in [3.8, 4) is 11.4 Å². The zero-order valence-corrected chi connectivity index (χ0v) is 18.9. The first-order valence-corrected chi connectivity index (χ1v) is 11.3. The number of ether oxygens (including phenoxy) is 1. The number of imidazole rings is 1. The second-order valence-electron chi connectivity index (χ2n) is 7.97. The Labute approximate surface area is 202 Å². The van der Waals surface area contributed by atoms with Gasteiger partial charge in [-0.25, -0.2) is 9.78 Å². The summed E-state index contributed by atoms with van der Waals surface area (Å²) in [5, 5.41) is 0. The Bertz CT molecular complexity index is 1410. The standard InChI is InChI=1S/C29H23N3O3/c33-27(32(23-12-6-2-7-13-23)24-14-8-3-9-15-24)18-19-35-29(34)22-16-17-25-26(20-22)31-28(30-25)21-10-4-1-5-11-21/h1-17,20H,18-19H2,(H,30,31). The zero-order chi connectivity index (χ0) is 24.0. The molecule has 0 saturated carbocycles. The number of rotatable bonds is 7. The van der Waals surface area contributed by atoms with Crippen LogP contribution in [0.25, 0.3) is 22.4 Å². The summed E-state index contributed by atoms with van der Waals surface area (Å²) in [6.45, 7) is -0.0237. The van der Waals surface area contributed by atoms with Gasteiger partial charge in [0.2, 0.25) is 5.91 Å². The Morgan fingerprint density at radius 3 is 2.00 bits per heavy atom. The summed E-state index contributed by atoms with van der Waals surface area (Å²) in [6, 6.07) is 33.8. The normalized spacial score (nSPS) is 10.7. The number of hydrogen-bond acceptors (Lipinski definition) is 4. The fourth-order valence-electron chi connectivity index (χ4n) is 3.89. The number of para-hydroxylation sites is 2. The highest BCUT2D eigenvalue weighted by atomic mass is 16.5. The number of nitrogens with zero attached hydrogens (tertiary/aromatic N) is 2. The summed E-state index contributed by atoms with van der Waals surface area (Å²) in [5.74, 6) is 0.0897. The van der Waals surface area contributed by atoms with Crippen molar-refractivity contribution in [3.63, 3.8) is 0 Å². The predicted octanol–water partition coefficient (Wildman–Crippen LogP) is 6.14. The Balaban J connectivity index is 1.26. The van der Waals surface area contributed by atoms with E-state index in [1.54, 1.807) is 23.1 Å². The summed E-state index contributed by atoms with van der Waals surface area (Å²) >= 11 is 0. The van der Waals surface area contributed by atoms with Crippen molar-refractivity contribution in [3.05, 3.63) is 115 Å². The molecule has 5 aromatic rings. The number of amides is 1. The first-order valence-electron chi connectivity index (χ1n) is 11.3. The van der Waals surface area contributed by atoms with Crippen LogP contribution in [0, 0.1) is 0 Å². The van der Waals surface area contributed by atoms with Crippen molar-refractivity contribution in [2.45, 2.75) is 6.42 Å². The van der Waals surface area contributed by atoms with E-state index in [1.165, 1.54) is 0 Å². The van der Waals surface area contributed by atoms with E-state index in [0.717, 1.165) is 33.8 Å². The van der Waals surface area contributed by atoms with Gasteiger partial charge in [0.05, 0.1) is 23.0 Å². The molecule has 1 amide bonds. The number of hydrogen-bond donors (Lipinski definition) is 1. The third-order valence-corrected chi connectivity index (χ3v) is 5.59. The van der Waals surface area contributed by atoms with Gasteiger partial charge >= 0.3 is 5.97 Å². The molecular formula is C29H23N3O3. The molecule has 4 aromatic carbocycles. The SMILES string of the molecule is O=C(OCCC(=O)N(c1ccccc1)c1ccccc1)c1ccc2nc(-c3ccccc3)[nH]c2c1. The van der Waals surface area contributed by atoms with Crippen LogP contribution in [0.2, 0.25) is 0 Å². The lowest BCUT2D eigenvalue weighted by molar-refractivity contribution is -0.118. The maximum atomic E-state index is 13.1. The van der Waals surface area contributed by atoms with Crippen LogP contribution < -0.4 is 4.90 Å². The number of esters is 1. The minimum Gasteiger partial charge on any atom is -0.462 e. The van der Waals surface area contributed by atoms with Gasteiger partial charge in [0.15, 0.2) is 0 Å². The van der Waals surface area contributed by atoms with Crippen molar-refractivity contribution in [2.24, 2.45) is 0 Å². The molecular weight excluding hydrogens is 438 g/mol. The van der Waals surface area contributed by atoms with Crippen LogP contribution in [0.3, 0.4) is 0 Å². The number of fused-ring (bicyclic) bond motifs is 1. The molecule has 0 aliphatic rings. The molecule has 1 aromatic heterocycles. The van der Waals surface area contributed by atoms with Crippen molar-refractivity contribution in [1.82, 2.24) is 9.97 Å². The van der Waals surface area contributed by atoms with Gasteiger partial charge in [-0.1, -0.05) is 66.7 Å². The molecule has 0 radical (unpaired) electrons. The number of nitrogens with one attached hydrogen (secondary N) is 1. The first-order chi connectivity index (χ1) is 17.2. The van der Waals surface area contributed by atoms with Gasteiger partial charge in [-0.2, -0.15) is 0 Å². The summed E-state index contributed by atoms with van der Waals surface area (Å²) in [7, 11) is 0. The molecule has 0 spiro atoms. The van der Waals surface area contributed by atoms with E-state index in [1.807, 2.05) is 91.0 Å². The Kier molecular flexibility index (Phi) is 6.35. The third-order valence-electron chi connectivity index (χ3n) is 5.59. The van der Waals surface area contributed by atoms with Crippen LogP contribution in [0.5, 0.6) is 0 Å². The van der Waals surface area contributed by atoms with E-state index in [0.29, 0.717) is 5.56 Å². The number of anilines is 2. The van der Waals surface area contributed by atoms with Gasteiger partial charge in [0.1, 0.15) is 12.4 Å². The number of carbonyl (C=O) groups is 2. The van der Waals surface area contributed by atoms with Crippen molar-refractivity contribution < 1.29 is 14.3 Å². The average molecular weight is 462 g/mol. The quantitative estimate of drug-likeness (QED) is 0.295. The van der Waals surface area contributed by atoms with Crippen LogP contribution in [-0.4, -0.2) is 28.5 Å². The maximum Gasteiger partial charge on any atom is 0.338 e. The molecule has 5 rings (SSSR count). The smallest absolute Gasteiger partial charge is 0.338 e. The van der Waals surface area contributed by atoms with Gasteiger partial charge < -0.3 is 9.72 Å². The van der Waals surface area contributed by atoms with E-state index in [2.05, 4.69) is 9.97 Å². The molecule has 6 nitrogen and oxygen atoms in total. The van der Waals surface area contributed by atoms with Gasteiger partial charge in [0, 0.05) is 16.9 Å². The second-order valence-corrected chi connectivity index (χ2v) is 7.97. The van der Waals surface area contributed by atoms with Gasteiger partial charge in [0.25, 0.3) is 0 Å². The number of carbonyl (C=O) groups excluding carboxylic acids is 2. The fourth-order valence-corrected chi connectivity index (χ4v) is 3.89. The highest BCUT2D eigenvalue weighted by molar-refractivity contribution is 6.00. The van der Waals surface area contributed by atoms with Gasteiger partial charge in [-0.05, 0) is 42.5 Å². The summed E-state index contributed by atoms with van der Waals surface area (Å²) in [6.07, 6.45) is 0.0555. The molecule has 0 aliphatic carbocycles. The molecule has 6 heteroatoms. The van der Waals surface area contributed by atoms with Gasteiger partial charge in [-0.15, -0.1) is 0 Å². The molecule has 0 unspecified atom stereocenters. The highest BCUT2D eigenvalue weighted by Crippen LogP contribution is 2.26. The fraction of sp³-hybridized carbons (Fsp3) is 0.0690. The van der Waals surface area contributed by atoms with Crippen LogP contribution in [0.15, 0.2) is 109 Å². The van der Waals surface area contributed by atoms with Gasteiger partial charge in [-0.3, -0.25) is 9.69 Å². The highest BCUT2D eigenvalue weighted by Gasteiger charge is 2.19. The topological polar surface area (TPSA) is 75.3 Å². The van der Waals surface area contributed by atoms with E-state index in [4.69, 9.17) is 4.74 Å². The monoisotopic (exact) mass is 461 g/mol. The number of H-pyrrole nitrogens is 1. The Morgan fingerprint density at radius 1 is 0.771 bits per heavy atom. The third kappa shape index (κ3) is 4.96. The number of aromatic nitrogens is 2. The first kappa shape index (κ1) is 22.1. The largest absolute Gasteiger partial charge is 0.462 e. The van der Waals surface area contributed by atoms with Crippen LogP contribution in [-0.2, 0) is 9.53 Å². The van der Waals surface area contributed by atoms with Crippen LogP contribution >= 0.6 is 0 Å². The maximum absolute atomic E-state index is 13.1. The molecule has 0 saturated heterocycles. The molecule has 35 heavy (non-hydrogen) atoms. The predicted molar refractivity (Wildman–Crippen MR) is 136 cm³/mol. The Morgan fingerprint density at radius 2 is 1.37 bits per heavy atom. The number of aromatic amines is 1. The molecule has 0 bridgehead atoms. The van der Waals surface area contributed by atoms with Crippen molar-refractivity contribution in [2.75, 3.05) is 11.5 Å². The van der Waals surface area contributed by atoms with E-state index >= 15 is 0 Å². The van der Waals surface area contributed by atoms with Crippen LogP contribution in [0.4, 0.5) is 11.4 Å².